The number of anilines is 2. The maximum atomic E-state index is 12.6. The first-order valence-corrected chi connectivity index (χ1v) is 9.37. The van der Waals surface area contributed by atoms with Crippen LogP contribution in [0.3, 0.4) is 0 Å². The third-order valence-corrected chi connectivity index (χ3v) is 6.54. The van der Waals surface area contributed by atoms with Gasteiger partial charge >= 0.3 is 0 Å². The van der Waals surface area contributed by atoms with Gasteiger partial charge in [-0.2, -0.15) is 0 Å². The van der Waals surface area contributed by atoms with Crippen molar-refractivity contribution in [3.8, 4) is 0 Å². The minimum absolute atomic E-state index is 0.000825. The molecule has 1 saturated heterocycles. The summed E-state index contributed by atoms with van der Waals surface area (Å²) in [6, 6.07) is -0.342. The smallest absolute Gasteiger partial charge is 0.268 e. The number of nitrogen functional groups attached to an aromatic ring is 1. The van der Waals surface area contributed by atoms with Gasteiger partial charge in [-0.25, -0.2) is 13.4 Å². The first kappa shape index (κ1) is 16.0. The fourth-order valence-corrected chi connectivity index (χ4v) is 4.73. The highest BCUT2D eigenvalue weighted by Crippen LogP contribution is 2.29. The fourth-order valence-electron chi connectivity index (χ4n) is 2.20. The van der Waals surface area contributed by atoms with Crippen LogP contribution in [0.25, 0.3) is 0 Å². The molecule has 0 spiro atoms. The Labute approximate surface area is 128 Å². The van der Waals surface area contributed by atoms with E-state index in [1.54, 1.807) is 11.8 Å². The molecule has 7 nitrogen and oxygen atoms in total. The van der Waals surface area contributed by atoms with Crippen LogP contribution < -0.4 is 10.6 Å². The van der Waals surface area contributed by atoms with Crippen molar-refractivity contribution in [3.63, 3.8) is 0 Å². The molecular formula is C12H20N4O3S2. The Kier molecular flexibility index (Phi) is 4.43. The molecule has 1 aliphatic heterocycles. The summed E-state index contributed by atoms with van der Waals surface area (Å²) in [5, 5.41) is 0.690. The maximum Gasteiger partial charge on any atom is 0.268 e. The zero-order valence-electron chi connectivity index (χ0n) is 12.4. The van der Waals surface area contributed by atoms with Gasteiger partial charge in [0.2, 0.25) is 0 Å². The lowest BCUT2D eigenvalue weighted by Gasteiger charge is -2.32. The fraction of sp³-hybridized carbons (Fsp3) is 0.667. The monoisotopic (exact) mass is 332 g/mol. The quantitative estimate of drug-likeness (QED) is 0.863. The van der Waals surface area contributed by atoms with Gasteiger partial charge in [0.05, 0.1) is 11.5 Å². The molecule has 0 radical (unpaired) electrons. The second kappa shape index (κ2) is 5.80. The number of nitrogens with zero attached hydrogens (tertiary/aromatic N) is 3. The van der Waals surface area contributed by atoms with Crippen molar-refractivity contribution >= 4 is 38.0 Å². The Morgan fingerprint density at radius 1 is 1.57 bits per heavy atom. The third kappa shape index (κ3) is 3.29. The molecule has 2 N–H and O–H groups in total. The van der Waals surface area contributed by atoms with E-state index >= 15 is 0 Å². The van der Waals surface area contributed by atoms with E-state index in [0.717, 1.165) is 6.54 Å². The van der Waals surface area contributed by atoms with Crippen LogP contribution in [0.15, 0.2) is 0 Å². The summed E-state index contributed by atoms with van der Waals surface area (Å²) in [6.45, 7) is 4.69. The first-order chi connectivity index (χ1) is 9.75. The van der Waals surface area contributed by atoms with Gasteiger partial charge < -0.3 is 15.5 Å². The molecule has 0 bridgehead atoms. The molecule has 1 aliphatic rings. The van der Waals surface area contributed by atoms with Crippen molar-refractivity contribution in [1.29, 1.82) is 0 Å². The van der Waals surface area contributed by atoms with Crippen LogP contribution in [0.2, 0.25) is 0 Å². The van der Waals surface area contributed by atoms with Crippen LogP contribution in [0.5, 0.6) is 0 Å². The second-order valence-electron chi connectivity index (χ2n) is 5.19. The summed E-state index contributed by atoms with van der Waals surface area (Å²) in [5.74, 6) is -0.0213. The number of amides is 1. The molecule has 0 aliphatic carbocycles. The van der Waals surface area contributed by atoms with Gasteiger partial charge in [0.15, 0.2) is 15.0 Å². The number of rotatable bonds is 3. The van der Waals surface area contributed by atoms with Gasteiger partial charge in [-0.1, -0.05) is 11.3 Å². The van der Waals surface area contributed by atoms with E-state index in [0.29, 0.717) is 10.0 Å². The molecule has 1 unspecified atom stereocenters. The Balaban J connectivity index is 2.23. The molecule has 1 fully saturated rings. The van der Waals surface area contributed by atoms with Crippen LogP contribution in [0.4, 0.5) is 10.9 Å². The number of hydrogen-bond donors (Lipinski definition) is 1. The SMILES string of the molecule is CCN(C)c1nc(N)c(C(=O)N2CCS(=O)(=O)CC2C)s1. The predicted octanol–water partition coefficient (Wildman–Crippen LogP) is 0.440. The van der Waals surface area contributed by atoms with Crippen LogP contribution in [0, 0.1) is 0 Å². The molecule has 2 heterocycles. The van der Waals surface area contributed by atoms with E-state index in [9.17, 15) is 13.2 Å². The average Bonchev–Trinajstić information content (AvgIpc) is 2.78. The Morgan fingerprint density at radius 2 is 2.24 bits per heavy atom. The number of nitrogens with two attached hydrogens (primary N) is 1. The Morgan fingerprint density at radius 3 is 2.81 bits per heavy atom. The normalized spacial score (nSPS) is 21.3. The van der Waals surface area contributed by atoms with Crippen molar-refractivity contribution < 1.29 is 13.2 Å². The first-order valence-electron chi connectivity index (χ1n) is 6.74. The van der Waals surface area contributed by atoms with Crippen molar-refractivity contribution in [1.82, 2.24) is 9.88 Å². The predicted molar refractivity (Wildman–Crippen MR) is 84.6 cm³/mol. The number of sulfone groups is 1. The van der Waals surface area contributed by atoms with E-state index < -0.39 is 9.84 Å². The number of thiazole rings is 1. The third-order valence-electron chi connectivity index (χ3n) is 3.57. The number of aromatic nitrogens is 1. The zero-order valence-corrected chi connectivity index (χ0v) is 14.0. The molecule has 118 valence electrons. The van der Waals surface area contributed by atoms with Crippen molar-refractivity contribution in [3.05, 3.63) is 4.88 Å². The lowest BCUT2D eigenvalue weighted by atomic mass is 10.3. The van der Waals surface area contributed by atoms with Crippen LogP contribution in [-0.2, 0) is 9.84 Å². The summed E-state index contributed by atoms with van der Waals surface area (Å²) in [4.78, 5) is 20.6. The highest BCUT2D eigenvalue weighted by atomic mass is 32.2. The van der Waals surface area contributed by atoms with E-state index in [1.807, 2.05) is 18.9 Å². The number of hydrogen-bond acceptors (Lipinski definition) is 7. The largest absolute Gasteiger partial charge is 0.382 e. The molecule has 1 amide bonds. The van der Waals surface area contributed by atoms with Gasteiger partial charge in [-0.3, -0.25) is 4.79 Å². The summed E-state index contributed by atoms with van der Waals surface area (Å²) in [6.07, 6.45) is 0. The maximum absolute atomic E-state index is 12.6. The summed E-state index contributed by atoms with van der Waals surface area (Å²) in [7, 11) is -1.17. The summed E-state index contributed by atoms with van der Waals surface area (Å²) >= 11 is 1.25. The lowest BCUT2D eigenvalue weighted by molar-refractivity contribution is 0.0718. The standard InChI is InChI=1S/C12H20N4O3S2/c1-4-15(3)12-14-10(13)9(20-12)11(17)16-5-6-21(18,19)7-8(16)2/h8H,4-7,13H2,1-3H3. The number of carbonyl (C=O) groups excluding carboxylic acids is 1. The van der Waals surface area contributed by atoms with Gasteiger partial charge in [-0.05, 0) is 13.8 Å². The molecule has 0 saturated carbocycles. The molecule has 9 heteroatoms. The lowest BCUT2D eigenvalue weighted by Crippen LogP contribution is -2.49. The zero-order chi connectivity index (χ0) is 15.8. The van der Waals surface area contributed by atoms with Gasteiger partial charge in [0, 0.05) is 26.2 Å². The molecule has 2 rings (SSSR count). The molecule has 1 atom stereocenters. The summed E-state index contributed by atoms with van der Waals surface area (Å²) in [5.41, 5.74) is 5.85. The van der Waals surface area contributed by atoms with Crippen molar-refractivity contribution in [2.45, 2.75) is 19.9 Å². The average molecular weight is 332 g/mol. The minimum atomic E-state index is -3.05. The van der Waals surface area contributed by atoms with E-state index in [2.05, 4.69) is 4.98 Å². The van der Waals surface area contributed by atoms with Gasteiger partial charge in [0.1, 0.15) is 10.7 Å². The molecule has 0 aromatic carbocycles. The Bertz CT molecular complexity index is 641. The van der Waals surface area contributed by atoms with Crippen LogP contribution in [0.1, 0.15) is 23.5 Å². The second-order valence-corrected chi connectivity index (χ2v) is 8.39. The van der Waals surface area contributed by atoms with Gasteiger partial charge in [0.25, 0.3) is 5.91 Å². The van der Waals surface area contributed by atoms with Crippen LogP contribution in [-0.4, -0.2) is 61.9 Å². The van der Waals surface area contributed by atoms with Gasteiger partial charge in [-0.15, -0.1) is 0 Å². The molecule has 1 aromatic rings. The summed E-state index contributed by atoms with van der Waals surface area (Å²) < 4.78 is 23.2. The molecule has 1 aromatic heterocycles. The van der Waals surface area contributed by atoms with E-state index in [1.165, 1.54) is 11.3 Å². The van der Waals surface area contributed by atoms with E-state index in [4.69, 9.17) is 5.73 Å². The highest BCUT2D eigenvalue weighted by molar-refractivity contribution is 7.91. The highest BCUT2D eigenvalue weighted by Gasteiger charge is 2.33. The van der Waals surface area contributed by atoms with Crippen LogP contribution >= 0.6 is 11.3 Å². The Hall–Kier alpha value is -1.35. The molecular weight excluding hydrogens is 312 g/mol. The molecule has 21 heavy (non-hydrogen) atoms. The van der Waals surface area contributed by atoms with Crippen molar-refractivity contribution in [2.75, 3.05) is 42.3 Å². The topological polar surface area (TPSA) is 96.6 Å². The van der Waals surface area contributed by atoms with Crippen molar-refractivity contribution in [2.24, 2.45) is 0 Å². The number of carbonyl (C=O) groups is 1. The minimum Gasteiger partial charge on any atom is -0.382 e. The van der Waals surface area contributed by atoms with E-state index in [-0.39, 0.29) is 35.8 Å².